The van der Waals surface area contributed by atoms with Crippen molar-refractivity contribution in [3.63, 3.8) is 0 Å². The van der Waals surface area contributed by atoms with E-state index in [2.05, 4.69) is 24.2 Å². The summed E-state index contributed by atoms with van der Waals surface area (Å²) in [6, 6.07) is 0. The Morgan fingerprint density at radius 1 is 1.58 bits per heavy atom. The lowest BCUT2D eigenvalue weighted by Crippen LogP contribution is -2.32. The zero-order valence-electron chi connectivity index (χ0n) is 10.4. The highest BCUT2D eigenvalue weighted by Gasteiger charge is 2.07. The highest BCUT2D eigenvalue weighted by atomic mass is 32.1. The molecule has 0 aromatic carbocycles. The number of aryl methyl sites for hydroxylation is 1. The summed E-state index contributed by atoms with van der Waals surface area (Å²) in [6.45, 7) is 3.02. The molecule has 2 rings (SSSR count). The number of nitrogens with zero attached hydrogens (tertiary/aromatic N) is 4. The van der Waals surface area contributed by atoms with Crippen LogP contribution in [-0.2, 0) is 6.42 Å². The van der Waals surface area contributed by atoms with Gasteiger partial charge in [-0.1, -0.05) is 5.16 Å². The lowest BCUT2D eigenvalue weighted by molar-refractivity contribution is 0.104. The Bertz CT molecular complexity index is 475. The van der Waals surface area contributed by atoms with Crippen LogP contribution in [-0.4, -0.2) is 49.8 Å². The van der Waals surface area contributed by atoms with Crippen LogP contribution in [0.2, 0.25) is 0 Å². The minimum absolute atomic E-state index is 0.179. The van der Waals surface area contributed by atoms with Crippen molar-refractivity contribution in [3.05, 3.63) is 17.9 Å². The van der Waals surface area contributed by atoms with E-state index in [4.69, 9.17) is 9.26 Å². The molecule has 19 heavy (non-hydrogen) atoms. The first kappa shape index (κ1) is 13.8. The highest BCUT2D eigenvalue weighted by molar-refractivity contribution is 6.99. The Kier molecular flexibility index (Phi) is 5.19. The van der Waals surface area contributed by atoms with E-state index in [-0.39, 0.29) is 6.61 Å². The zero-order valence-corrected chi connectivity index (χ0v) is 11.3. The van der Waals surface area contributed by atoms with Crippen molar-refractivity contribution in [1.82, 2.24) is 24.2 Å². The first-order valence-corrected chi connectivity index (χ1v) is 6.55. The molecule has 0 saturated heterocycles. The summed E-state index contributed by atoms with van der Waals surface area (Å²) in [6.07, 6.45) is 1.54. The predicted molar refractivity (Wildman–Crippen MR) is 67.0 cm³/mol. The minimum atomic E-state index is -0.605. The molecular weight excluding hydrogens is 270 g/mol. The predicted octanol–water partition coefficient (Wildman–Crippen LogP) is -0.198. The number of hydrogen-bond acceptors (Lipinski definition) is 9. The van der Waals surface area contributed by atoms with Crippen molar-refractivity contribution >= 4 is 11.7 Å². The topological polar surface area (TPSA) is 106 Å². The van der Waals surface area contributed by atoms with Gasteiger partial charge < -0.3 is 19.7 Å². The summed E-state index contributed by atoms with van der Waals surface area (Å²) >= 11 is 1.07. The molecule has 104 valence electrons. The Labute approximate surface area is 114 Å². The Balaban J connectivity index is 1.55. The smallest absolute Gasteiger partial charge is 0.245 e. The third-order valence-corrected chi connectivity index (χ3v) is 2.69. The molecule has 0 fully saturated rings. The van der Waals surface area contributed by atoms with Gasteiger partial charge in [0, 0.05) is 19.5 Å². The molecule has 0 aliphatic carbocycles. The molecule has 0 spiro atoms. The lowest BCUT2D eigenvalue weighted by atomic mass is 10.3. The maximum Gasteiger partial charge on any atom is 0.245 e. The first-order valence-electron chi connectivity index (χ1n) is 5.82. The van der Waals surface area contributed by atoms with E-state index in [1.165, 1.54) is 6.20 Å². The quantitative estimate of drug-likeness (QED) is 0.642. The van der Waals surface area contributed by atoms with Gasteiger partial charge in [0.15, 0.2) is 5.82 Å². The second-order valence-electron chi connectivity index (χ2n) is 3.90. The molecule has 9 heteroatoms. The average molecular weight is 285 g/mol. The fourth-order valence-electron chi connectivity index (χ4n) is 1.37. The Morgan fingerprint density at radius 3 is 3.16 bits per heavy atom. The molecule has 0 bridgehead atoms. The second-order valence-corrected chi connectivity index (χ2v) is 4.46. The van der Waals surface area contributed by atoms with Crippen molar-refractivity contribution in [2.45, 2.75) is 19.4 Å². The van der Waals surface area contributed by atoms with Crippen LogP contribution < -0.4 is 10.1 Å². The van der Waals surface area contributed by atoms with Gasteiger partial charge in [-0.15, -0.1) is 4.37 Å². The van der Waals surface area contributed by atoms with E-state index in [9.17, 15) is 5.11 Å². The van der Waals surface area contributed by atoms with Gasteiger partial charge in [-0.2, -0.15) is 9.36 Å². The second kappa shape index (κ2) is 7.12. The van der Waals surface area contributed by atoms with Crippen LogP contribution >= 0.6 is 11.7 Å². The number of aliphatic hydroxyl groups is 1. The number of aliphatic hydroxyl groups excluding tert-OH is 1. The fraction of sp³-hybridized carbons (Fsp3) is 0.600. The fourth-order valence-corrected chi connectivity index (χ4v) is 1.73. The molecule has 8 nitrogen and oxygen atoms in total. The van der Waals surface area contributed by atoms with Crippen LogP contribution in [0.5, 0.6) is 5.88 Å². The van der Waals surface area contributed by atoms with Crippen LogP contribution in [0, 0.1) is 6.92 Å². The SMILES string of the molecule is Cc1noc(CCNCC(O)COc2cnsn2)n1. The summed E-state index contributed by atoms with van der Waals surface area (Å²) < 4.78 is 17.9. The molecule has 1 atom stereocenters. The molecular formula is C10H15N5O3S. The van der Waals surface area contributed by atoms with E-state index in [1.54, 1.807) is 6.92 Å². The van der Waals surface area contributed by atoms with Crippen molar-refractivity contribution in [2.24, 2.45) is 0 Å². The summed E-state index contributed by atoms with van der Waals surface area (Å²) in [5.74, 6) is 1.65. The maximum atomic E-state index is 9.67. The molecule has 2 heterocycles. The Morgan fingerprint density at radius 2 is 2.47 bits per heavy atom. The van der Waals surface area contributed by atoms with Gasteiger partial charge in [0.1, 0.15) is 18.9 Å². The standard InChI is InChI=1S/C10H15N5O3S/c1-7-13-9(18-14-7)2-3-11-4-8(16)6-17-10-5-12-19-15-10/h5,8,11,16H,2-4,6H2,1H3. The van der Waals surface area contributed by atoms with E-state index >= 15 is 0 Å². The van der Waals surface area contributed by atoms with E-state index in [0.29, 0.717) is 37.1 Å². The van der Waals surface area contributed by atoms with Gasteiger partial charge in [0.25, 0.3) is 0 Å². The lowest BCUT2D eigenvalue weighted by Gasteiger charge is -2.11. The van der Waals surface area contributed by atoms with E-state index in [0.717, 1.165) is 11.7 Å². The number of ether oxygens (including phenoxy) is 1. The third kappa shape index (κ3) is 4.89. The maximum absolute atomic E-state index is 9.67. The van der Waals surface area contributed by atoms with Gasteiger partial charge in [0.2, 0.25) is 11.8 Å². The monoisotopic (exact) mass is 285 g/mol. The molecule has 0 aliphatic rings. The van der Waals surface area contributed by atoms with Gasteiger partial charge in [-0.25, -0.2) is 0 Å². The third-order valence-electron chi connectivity index (χ3n) is 2.23. The van der Waals surface area contributed by atoms with Gasteiger partial charge in [0.05, 0.1) is 11.7 Å². The number of rotatable bonds is 8. The van der Waals surface area contributed by atoms with E-state index in [1.807, 2.05) is 0 Å². The normalized spacial score (nSPS) is 12.5. The van der Waals surface area contributed by atoms with Crippen LogP contribution in [0.3, 0.4) is 0 Å². The average Bonchev–Trinajstić information content (AvgIpc) is 3.04. The van der Waals surface area contributed by atoms with Gasteiger partial charge >= 0.3 is 0 Å². The largest absolute Gasteiger partial charge is 0.473 e. The van der Waals surface area contributed by atoms with Crippen molar-refractivity contribution in [2.75, 3.05) is 19.7 Å². The molecule has 0 radical (unpaired) electrons. The molecule has 0 saturated carbocycles. The first-order chi connectivity index (χ1) is 9.24. The molecule has 0 aliphatic heterocycles. The summed E-state index contributed by atoms with van der Waals surface area (Å²) in [4.78, 5) is 4.08. The Hall–Kier alpha value is -1.58. The number of hydrogen-bond donors (Lipinski definition) is 2. The zero-order chi connectivity index (χ0) is 13.5. The molecule has 2 N–H and O–H groups in total. The molecule has 2 aromatic heterocycles. The number of aromatic nitrogens is 4. The summed E-state index contributed by atoms with van der Waals surface area (Å²) in [5, 5.41) is 16.4. The number of nitrogens with one attached hydrogen (secondary N) is 1. The summed E-state index contributed by atoms with van der Waals surface area (Å²) in [7, 11) is 0. The van der Waals surface area contributed by atoms with Gasteiger partial charge in [-0.3, -0.25) is 0 Å². The molecule has 0 amide bonds. The molecule has 2 aromatic rings. The van der Waals surface area contributed by atoms with Crippen LogP contribution in [0.4, 0.5) is 0 Å². The highest BCUT2D eigenvalue weighted by Crippen LogP contribution is 2.05. The van der Waals surface area contributed by atoms with Crippen LogP contribution in [0.15, 0.2) is 10.7 Å². The van der Waals surface area contributed by atoms with Crippen molar-refractivity contribution in [3.8, 4) is 5.88 Å². The van der Waals surface area contributed by atoms with Crippen LogP contribution in [0.25, 0.3) is 0 Å². The van der Waals surface area contributed by atoms with Crippen LogP contribution in [0.1, 0.15) is 11.7 Å². The summed E-state index contributed by atoms with van der Waals surface area (Å²) in [5.41, 5.74) is 0. The van der Waals surface area contributed by atoms with Gasteiger partial charge in [-0.05, 0) is 6.92 Å². The minimum Gasteiger partial charge on any atom is -0.473 e. The van der Waals surface area contributed by atoms with Crippen molar-refractivity contribution < 1.29 is 14.4 Å². The van der Waals surface area contributed by atoms with E-state index < -0.39 is 6.10 Å². The molecule has 1 unspecified atom stereocenters. The van der Waals surface area contributed by atoms with Crippen molar-refractivity contribution in [1.29, 1.82) is 0 Å².